The smallest absolute Gasteiger partial charge is 0.408 e. The molecule has 1 aliphatic rings. The molecule has 3 unspecified atom stereocenters. The fourth-order valence-electron chi connectivity index (χ4n) is 4.29. The Bertz CT molecular complexity index is 1130. The molecule has 0 aliphatic heterocycles. The predicted octanol–water partition coefficient (Wildman–Crippen LogP) is 4.76. The van der Waals surface area contributed by atoms with Crippen molar-refractivity contribution in [2.45, 2.75) is 72.6 Å². The van der Waals surface area contributed by atoms with E-state index in [4.69, 9.17) is 4.74 Å². The number of ether oxygens (including phenoxy) is 1. The van der Waals surface area contributed by atoms with Crippen molar-refractivity contribution in [3.63, 3.8) is 0 Å². The van der Waals surface area contributed by atoms with Gasteiger partial charge in [0.05, 0.1) is 0 Å². The number of nitrogens with zero attached hydrogens (tertiary/aromatic N) is 1. The molecule has 2 aromatic rings. The quantitative estimate of drug-likeness (QED) is 0.513. The van der Waals surface area contributed by atoms with Crippen LogP contribution in [-0.4, -0.2) is 46.1 Å². The summed E-state index contributed by atoms with van der Waals surface area (Å²) in [6.45, 7) is 12.4. The van der Waals surface area contributed by atoms with Gasteiger partial charge in [0.25, 0.3) is 5.91 Å². The molecule has 0 spiro atoms. The SMILES string of the molecule is Cc1cccc(C(C(=O)Nc2c(C)cccc2C)N(C(=O)CNC(=O)OC(C)(C)C)C2CC2C)c1O. The van der Waals surface area contributed by atoms with Crippen LogP contribution < -0.4 is 10.6 Å². The summed E-state index contributed by atoms with van der Waals surface area (Å²) < 4.78 is 5.26. The fourth-order valence-corrected chi connectivity index (χ4v) is 4.29. The highest BCUT2D eigenvalue weighted by Gasteiger charge is 2.47. The molecule has 8 nitrogen and oxygen atoms in total. The van der Waals surface area contributed by atoms with Gasteiger partial charge in [0, 0.05) is 17.3 Å². The van der Waals surface area contributed by atoms with Crippen molar-refractivity contribution in [2.24, 2.45) is 5.92 Å². The third-order valence-electron chi connectivity index (χ3n) is 6.31. The molecule has 1 fully saturated rings. The second-order valence-electron chi connectivity index (χ2n) is 10.6. The molecule has 1 saturated carbocycles. The van der Waals surface area contributed by atoms with Crippen molar-refractivity contribution in [3.05, 3.63) is 58.7 Å². The van der Waals surface area contributed by atoms with Gasteiger partial charge in [0.1, 0.15) is 23.9 Å². The molecule has 3 atom stereocenters. The zero-order valence-corrected chi connectivity index (χ0v) is 22.1. The summed E-state index contributed by atoms with van der Waals surface area (Å²) >= 11 is 0. The molecule has 1 aliphatic carbocycles. The number of alkyl carbamates (subject to hydrolysis) is 1. The number of amides is 3. The molecular weight excluding hydrogens is 458 g/mol. The maximum Gasteiger partial charge on any atom is 0.408 e. The standard InChI is InChI=1S/C28H37N3O5/c1-16-10-8-11-17(2)23(16)30-26(34)24(20-13-9-12-18(3)25(20)33)31(21-14-19(21)4)22(32)15-29-27(35)36-28(5,6)7/h8-13,19,21,24,33H,14-15H2,1-7H3,(H,29,35)(H,30,34). The number of para-hydroxylation sites is 2. The van der Waals surface area contributed by atoms with Gasteiger partial charge in [-0.2, -0.15) is 0 Å². The van der Waals surface area contributed by atoms with Gasteiger partial charge >= 0.3 is 6.09 Å². The first-order valence-corrected chi connectivity index (χ1v) is 12.2. The van der Waals surface area contributed by atoms with E-state index in [2.05, 4.69) is 10.6 Å². The number of anilines is 1. The topological polar surface area (TPSA) is 108 Å². The van der Waals surface area contributed by atoms with Crippen molar-refractivity contribution < 1.29 is 24.2 Å². The Labute approximate surface area is 213 Å². The Hall–Kier alpha value is -3.55. The molecule has 3 N–H and O–H groups in total. The van der Waals surface area contributed by atoms with Crippen LogP contribution in [0.5, 0.6) is 5.75 Å². The number of carbonyl (C=O) groups excluding carboxylic acids is 3. The monoisotopic (exact) mass is 495 g/mol. The van der Waals surface area contributed by atoms with E-state index in [0.717, 1.165) is 17.5 Å². The molecule has 0 saturated heterocycles. The second kappa shape index (κ2) is 10.6. The van der Waals surface area contributed by atoms with Crippen LogP contribution in [0.3, 0.4) is 0 Å². The van der Waals surface area contributed by atoms with E-state index in [-0.39, 0.29) is 24.3 Å². The molecule has 3 rings (SSSR count). The van der Waals surface area contributed by atoms with E-state index in [9.17, 15) is 19.5 Å². The van der Waals surface area contributed by atoms with Crippen LogP contribution in [0.25, 0.3) is 0 Å². The molecule has 36 heavy (non-hydrogen) atoms. The van der Waals surface area contributed by atoms with Crippen LogP contribution in [0.2, 0.25) is 0 Å². The molecule has 2 aromatic carbocycles. The van der Waals surface area contributed by atoms with Gasteiger partial charge in [0.2, 0.25) is 5.91 Å². The van der Waals surface area contributed by atoms with Gasteiger partial charge in [-0.1, -0.05) is 43.3 Å². The molecule has 3 amide bonds. The highest BCUT2D eigenvalue weighted by atomic mass is 16.6. The lowest BCUT2D eigenvalue weighted by Crippen LogP contribution is -2.48. The Balaban J connectivity index is 1.98. The lowest BCUT2D eigenvalue weighted by Gasteiger charge is -2.33. The van der Waals surface area contributed by atoms with E-state index >= 15 is 0 Å². The largest absolute Gasteiger partial charge is 0.507 e. The number of rotatable bonds is 7. The van der Waals surface area contributed by atoms with E-state index in [1.807, 2.05) is 39.0 Å². The number of aryl methyl sites for hydroxylation is 3. The average molecular weight is 496 g/mol. The van der Waals surface area contributed by atoms with E-state index < -0.39 is 29.6 Å². The van der Waals surface area contributed by atoms with Crippen LogP contribution in [0.1, 0.15) is 62.4 Å². The van der Waals surface area contributed by atoms with Crippen molar-refractivity contribution in [1.29, 1.82) is 0 Å². The fraction of sp³-hybridized carbons (Fsp3) is 0.464. The van der Waals surface area contributed by atoms with Crippen LogP contribution in [0.15, 0.2) is 36.4 Å². The number of nitrogens with one attached hydrogen (secondary N) is 2. The summed E-state index contributed by atoms with van der Waals surface area (Å²) in [5.74, 6) is -0.723. The zero-order chi connectivity index (χ0) is 26.8. The Morgan fingerprint density at radius 1 is 1.06 bits per heavy atom. The Kier molecular flexibility index (Phi) is 7.96. The number of phenolic OH excluding ortho intramolecular Hbond substituents is 1. The Morgan fingerprint density at radius 3 is 2.17 bits per heavy atom. The molecule has 194 valence electrons. The number of hydrogen-bond donors (Lipinski definition) is 3. The summed E-state index contributed by atoms with van der Waals surface area (Å²) in [7, 11) is 0. The molecule has 0 bridgehead atoms. The molecule has 0 aromatic heterocycles. The second-order valence-corrected chi connectivity index (χ2v) is 10.6. The van der Waals surface area contributed by atoms with Gasteiger partial charge in [-0.3, -0.25) is 9.59 Å². The third kappa shape index (κ3) is 6.36. The molecule has 0 heterocycles. The number of aromatic hydroxyl groups is 1. The molecular formula is C28H37N3O5. The van der Waals surface area contributed by atoms with Crippen LogP contribution in [0, 0.1) is 26.7 Å². The van der Waals surface area contributed by atoms with Gasteiger partial charge in [-0.15, -0.1) is 0 Å². The summed E-state index contributed by atoms with van der Waals surface area (Å²) in [6, 6.07) is 9.58. The molecule has 8 heteroatoms. The lowest BCUT2D eigenvalue weighted by molar-refractivity contribution is -0.139. The average Bonchev–Trinajstić information content (AvgIpc) is 3.49. The predicted molar refractivity (Wildman–Crippen MR) is 139 cm³/mol. The first-order valence-electron chi connectivity index (χ1n) is 12.2. The minimum absolute atomic E-state index is 0.0367. The van der Waals surface area contributed by atoms with Gasteiger partial charge in [-0.05, 0) is 70.6 Å². The summed E-state index contributed by atoms with van der Waals surface area (Å²) in [5.41, 5.74) is 2.67. The molecule has 0 radical (unpaired) electrons. The summed E-state index contributed by atoms with van der Waals surface area (Å²) in [6.07, 6.45) is 0.00682. The third-order valence-corrected chi connectivity index (χ3v) is 6.31. The minimum atomic E-state index is -1.09. The lowest BCUT2D eigenvalue weighted by atomic mass is 9.99. The van der Waals surface area contributed by atoms with Gasteiger partial charge in [-0.25, -0.2) is 4.79 Å². The summed E-state index contributed by atoms with van der Waals surface area (Å²) in [4.78, 5) is 41.1. The van der Waals surface area contributed by atoms with Crippen LogP contribution in [-0.2, 0) is 14.3 Å². The van der Waals surface area contributed by atoms with Gasteiger partial charge < -0.3 is 25.4 Å². The highest BCUT2D eigenvalue weighted by Crippen LogP contribution is 2.42. The highest BCUT2D eigenvalue weighted by molar-refractivity contribution is 6.00. The summed E-state index contributed by atoms with van der Waals surface area (Å²) in [5, 5.41) is 16.4. The van der Waals surface area contributed by atoms with Crippen molar-refractivity contribution in [3.8, 4) is 5.75 Å². The van der Waals surface area contributed by atoms with Crippen molar-refractivity contribution in [1.82, 2.24) is 10.2 Å². The maximum absolute atomic E-state index is 13.9. The number of phenols is 1. The van der Waals surface area contributed by atoms with Crippen molar-refractivity contribution >= 4 is 23.6 Å². The maximum atomic E-state index is 13.9. The van der Waals surface area contributed by atoms with E-state index in [0.29, 0.717) is 16.8 Å². The van der Waals surface area contributed by atoms with Crippen LogP contribution >= 0.6 is 0 Å². The number of hydrogen-bond acceptors (Lipinski definition) is 5. The first-order chi connectivity index (χ1) is 16.8. The number of carbonyl (C=O) groups is 3. The minimum Gasteiger partial charge on any atom is -0.507 e. The normalized spacial score (nSPS) is 17.6. The van der Waals surface area contributed by atoms with Crippen LogP contribution in [0.4, 0.5) is 10.5 Å². The Morgan fingerprint density at radius 2 is 1.61 bits per heavy atom. The zero-order valence-electron chi connectivity index (χ0n) is 22.1. The van der Waals surface area contributed by atoms with Gasteiger partial charge in [0.15, 0.2) is 0 Å². The number of benzene rings is 2. The van der Waals surface area contributed by atoms with Crippen molar-refractivity contribution in [2.75, 3.05) is 11.9 Å². The first kappa shape index (κ1) is 27.0. The van der Waals surface area contributed by atoms with E-state index in [1.165, 1.54) is 4.90 Å². The van der Waals surface area contributed by atoms with E-state index in [1.54, 1.807) is 45.9 Å².